The lowest BCUT2D eigenvalue weighted by molar-refractivity contribution is 0.363. The van der Waals surface area contributed by atoms with Gasteiger partial charge in [-0.15, -0.1) is 0 Å². The SMILES string of the molecule is Cc1ccc(N2CCC(C3CC3)CC2)cc1. The van der Waals surface area contributed by atoms with Crippen molar-refractivity contribution < 1.29 is 0 Å². The second kappa shape index (κ2) is 4.12. The van der Waals surface area contributed by atoms with Crippen LogP contribution in [0.25, 0.3) is 0 Å². The van der Waals surface area contributed by atoms with Gasteiger partial charge in [0.25, 0.3) is 0 Å². The Balaban J connectivity index is 1.62. The summed E-state index contributed by atoms with van der Waals surface area (Å²) in [5.74, 6) is 2.14. The topological polar surface area (TPSA) is 3.24 Å². The molecule has 0 atom stereocenters. The van der Waals surface area contributed by atoms with Crippen LogP contribution < -0.4 is 4.90 Å². The fraction of sp³-hybridized carbons (Fsp3) is 0.600. The molecular formula is C15H21N. The molecule has 1 heterocycles. The maximum absolute atomic E-state index is 2.55. The molecule has 1 saturated carbocycles. The van der Waals surface area contributed by atoms with E-state index in [1.54, 1.807) is 0 Å². The van der Waals surface area contributed by atoms with E-state index in [0.717, 1.165) is 11.8 Å². The molecule has 1 saturated heterocycles. The number of nitrogens with zero attached hydrogens (tertiary/aromatic N) is 1. The molecule has 1 aliphatic heterocycles. The number of anilines is 1. The molecule has 1 aliphatic carbocycles. The molecule has 0 N–H and O–H groups in total. The van der Waals surface area contributed by atoms with Crippen molar-refractivity contribution in [2.75, 3.05) is 18.0 Å². The molecule has 0 spiro atoms. The van der Waals surface area contributed by atoms with Crippen molar-refractivity contribution in [1.29, 1.82) is 0 Å². The van der Waals surface area contributed by atoms with Crippen LogP contribution in [0, 0.1) is 18.8 Å². The second-order valence-corrected chi connectivity index (χ2v) is 5.50. The molecule has 1 heteroatoms. The van der Waals surface area contributed by atoms with Gasteiger partial charge in [-0.2, -0.15) is 0 Å². The standard InChI is InChI=1S/C15H21N/c1-12-2-6-15(7-3-12)16-10-8-14(9-11-16)13-4-5-13/h2-3,6-7,13-14H,4-5,8-11H2,1H3. The normalized spacial score (nSPS) is 22.4. The highest BCUT2D eigenvalue weighted by Gasteiger charge is 2.33. The van der Waals surface area contributed by atoms with Gasteiger partial charge in [-0.1, -0.05) is 17.7 Å². The third-order valence-corrected chi connectivity index (χ3v) is 4.23. The van der Waals surface area contributed by atoms with Crippen LogP contribution in [0.15, 0.2) is 24.3 Å². The summed E-state index contributed by atoms with van der Waals surface area (Å²) < 4.78 is 0. The Morgan fingerprint density at radius 3 is 2.00 bits per heavy atom. The molecule has 0 bridgehead atoms. The van der Waals surface area contributed by atoms with E-state index in [4.69, 9.17) is 0 Å². The number of hydrogen-bond donors (Lipinski definition) is 0. The van der Waals surface area contributed by atoms with Gasteiger partial charge in [0, 0.05) is 18.8 Å². The first-order valence-electron chi connectivity index (χ1n) is 6.64. The molecule has 0 unspecified atom stereocenters. The summed E-state index contributed by atoms with van der Waals surface area (Å²) in [6, 6.07) is 8.99. The first-order valence-corrected chi connectivity index (χ1v) is 6.64. The van der Waals surface area contributed by atoms with Gasteiger partial charge < -0.3 is 4.90 Å². The van der Waals surface area contributed by atoms with Crippen LogP contribution in [0.2, 0.25) is 0 Å². The lowest BCUT2D eigenvalue weighted by Gasteiger charge is -2.33. The molecule has 86 valence electrons. The van der Waals surface area contributed by atoms with E-state index in [-0.39, 0.29) is 0 Å². The Kier molecular flexibility index (Phi) is 2.62. The van der Waals surface area contributed by atoms with E-state index in [1.165, 1.54) is 50.0 Å². The van der Waals surface area contributed by atoms with Crippen molar-refractivity contribution in [3.63, 3.8) is 0 Å². The average molecular weight is 215 g/mol. The third-order valence-electron chi connectivity index (χ3n) is 4.23. The van der Waals surface area contributed by atoms with Gasteiger partial charge in [0.05, 0.1) is 0 Å². The van der Waals surface area contributed by atoms with E-state index in [1.807, 2.05) is 0 Å². The van der Waals surface area contributed by atoms with Gasteiger partial charge in [-0.3, -0.25) is 0 Å². The number of piperidine rings is 1. The van der Waals surface area contributed by atoms with Crippen LogP contribution in [0.1, 0.15) is 31.2 Å². The molecule has 1 nitrogen and oxygen atoms in total. The van der Waals surface area contributed by atoms with Gasteiger partial charge in [0.1, 0.15) is 0 Å². The van der Waals surface area contributed by atoms with Crippen molar-refractivity contribution in [2.45, 2.75) is 32.6 Å². The van der Waals surface area contributed by atoms with E-state index in [0.29, 0.717) is 0 Å². The van der Waals surface area contributed by atoms with Crippen LogP contribution in [0.4, 0.5) is 5.69 Å². The number of rotatable bonds is 2. The Labute approximate surface area is 98.5 Å². The fourth-order valence-corrected chi connectivity index (χ4v) is 2.95. The number of hydrogen-bond acceptors (Lipinski definition) is 1. The quantitative estimate of drug-likeness (QED) is 0.728. The zero-order valence-electron chi connectivity index (χ0n) is 10.2. The highest BCUT2D eigenvalue weighted by molar-refractivity contribution is 5.47. The predicted molar refractivity (Wildman–Crippen MR) is 68.8 cm³/mol. The van der Waals surface area contributed by atoms with Crippen molar-refractivity contribution in [1.82, 2.24) is 0 Å². The third kappa shape index (κ3) is 2.09. The molecule has 1 aromatic carbocycles. The van der Waals surface area contributed by atoms with Gasteiger partial charge in [-0.05, 0) is 56.6 Å². The first kappa shape index (κ1) is 10.2. The van der Waals surface area contributed by atoms with Crippen molar-refractivity contribution >= 4 is 5.69 Å². The summed E-state index contributed by atoms with van der Waals surface area (Å²) in [6.45, 7) is 4.69. The monoisotopic (exact) mass is 215 g/mol. The number of aryl methyl sites for hydroxylation is 1. The van der Waals surface area contributed by atoms with Crippen LogP contribution in [0.5, 0.6) is 0 Å². The van der Waals surface area contributed by atoms with Crippen molar-refractivity contribution in [3.8, 4) is 0 Å². The highest BCUT2D eigenvalue weighted by atomic mass is 15.1. The zero-order valence-corrected chi connectivity index (χ0v) is 10.2. The summed E-state index contributed by atoms with van der Waals surface area (Å²) in [5, 5.41) is 0. The van der Waals surface area contributed by atoms with E-state index < -0.39 is 0 Å². The minimum absolute atomic E-state index is 1.04. The minimum atomic E-state index is 1.04. The Morgan fingerprint density at radius 2 is 1.44 bits per heavy atom. The summed E-state index contributed by atoms with van der Waals surface area (Å²) in [7, 11) is 0. The maximum atomic E-state index is 2.55. The van der Waals surface area contributed by atoms with Crippen LogP contribution in [0.3, 0.4) is 0 Å². The van der Waals surface area contributed by atoms with E-state index in [9.17, 15) is 0 Å². The van der Waals surface area contributed by atoms with Crippen molar-refractivity contribution in [3.05, 3.63) is 29.8 Å². The minimum Gasteiger partial charge on any atom is -0.372 e. The predicted octanol–water partition coefficient (Wildman–Crippen LogP) is 3.62. The van der Waals surface area contributed by atoms with Gasteiger partial charge in [0.2, 0.25) is 0 Å². The average Bonchev–Trinajstić information content (AvgIpc) is 3.14. The Hall–Kier alpha value is -0.980. The zero-order chi connectivity index (χ0) is 11.0. The largest absolute Gasteiger partial charge is 0.372 e. The molecular weight excluding hydrogens is 194 g/mol. The molecule has 1 aromatic rings. The summed E-state index contributed by atoms with van der Waals surface area (Å²) >= 11 is 0. The molecule has 0 amide bonds. The van der Waals surface area contributed by atoms with Gasteiger partial charge in [0.15, 0.2) is 0 Å². The smallest absolute Gasteiger partial charge is 0.0366 e. The summed E-state index contributed by atoms with van der Waals surface area (Å²) in [5.41, 5.74) is 2.77. The van der Waals surface area contributed by atoms with Crippen LogP contribution in [-0.2, 0) is 0 Å². The summed E-state index contributed by atoms with van der Waals surface area (Å²) in [6.07, 6.45) is 5.85. The van der Waals surface area contributed by atoms with Gasteiger partial charge in [-0.25, -0.2) is 0 Å². The first-order chi connectivity index (χ1) is 7.83. The molecule has 0 aromatic heterocycles. The molecule has 3 rings (SSSR count). The Morgan fingerprint density at radius 1 is 0.875 bits per heavy atom. The summed E-state index contributed by atoms with van der Waals surface area (Å²) in [4.78, 5) is 2.55. The maximum Gasteiger partial charge on any atom is 0.0366 e. The van der Waals surface area contributed by atoms with Crippen LogP contribution >= 0.6 is 0 Å². The molecule has 2 aliphatic rings. The lowest BCUT2D eigenvalue weighted by atomic mass is 9.92. The molecule has 2 fully saturated rings. The van der Waals surface area contributed by atoms with Crippen LogP contribution in [-0.4, -0.2) is 13.1 Å². The highest BCUT2D eigenvalue weighted by Crippen LogP contribution is 2.42. The fourth-order valence-electron chi connectivity index (χ4n) is 2.95. The Bertz CT molecular complexity index is 342. The number of benzene rings is 1. The molecule has 0 radical (unpaired) electrons. The van der Waals surface area contributed by atoms with Crippen molar-refractivity contribution in [2.24, 2.45) is 11.8 Å². The van der Waals surface area contributed by atoms with E-state index in [2.05, 4.69) is 36.1 Å². The van der Waals surface area contributed by atoms with E-state index >= 15 is 0 Å². The second-order valence-electron chi connectivity index (χ2n) is 5.50. The molecule has 16 heavy (non-hydrogen) atoms. The van der Waals surface area contributed by atoms with Gasteiger partial charge >= 0.3 is 0 Å². The lowest BCUT2D eigenvalue weighted by Crippen LogP contribution is -2.34.